The fourth-order valence-corrected chi connectivity index (χ4v) is 2.75. The van der Waals surface area contributed by atoms with Crippen molar-refractivity contribution in [1.29, 1.82) is 0 Å². The second-order valence-electron chi connectivity index (χ2n) is 5.54. The number of nitrogens with zero attached hydrogens (tertiary/aromatic N) is 5. The third-order valence-corrected chi connectivity index (χ3v) is 4.13. The third kappa shape index (κ3) is 3.62. The summed E-state index contributed by atoms with van der Waals surface area (Å²) in [5.41, 5.74) is 1.09. The number of nitrogens with one attached hydrogen (secondary N) is 1. The van der Waals surface area contributed by atoms with Gasteiger partial charge in [0.15, 0.2) is 11.6 Å². The average Bonchev–Trinajstić information content (AvgIpc) is 3.04. The zero-order chi connectivity index (χ0) is 19.0. The lowest BCUT2D eigenvalue weighted by atomic mass is 10.2. The molecule has 3 aromatic heterocycles. The molecular weight excluding hydrogens is 394 g/mol. The molecule has 0 saturated carbocycles. The first-order valence-corrected chi connectivity index (χ1v) is 8.46. The summed E-state index contributed by atoms with van der Waals surface area (Å²) in [6.07, 6.45) is 3.05. The van der Waals surface area contributed by atoms with Gasteiger partial charge in [-0.2, -0.15) is 0 Å². The molecule has 10 heteroatoms. The van der Waals surface area contributed by atoms with Crippen molar-refractivity contribution in [2.75, 3.05) is 5.32 Å². The highest BCUT2D eigenvalue weighted by Gasteiger charge is 2.14. The quantitative estimate of drug-likeness (QED) is 0.495. The molecule has 0 aliphatic heterocycles. The lowest BCUT2D eigenvalue weighted by molar-refractivity contribution is 0.450. The van der Waals surface area contributed by atoms with Crippen molar-refractivity contribution in [1.82, 2.24) is 24.7 Å². The molecule has 3 heterocycles. The summed E-state index contributed by atoms with van der Waals surface area (Å²) in [6, 6.07) is 7.52. The predicted molar refractivity (Wildman–Crippen MR) is 100 cm³/mol. The van der Waals surface area contributed by atoms with E-state index in [0.717, 1.165) is 0 Å². The summed E-state index contributed by atoms with van der Waals surface area (Å²) >= 11 is 12.2. The number of benzene rings is 1. The second-order valence-corrected chi connectivity index (χ2v) is 6.34. The van der Waals surface area contributed by atoms with E-state index in [2.05, 4.69) is 25.4 Å². The molecule has 0 saturated heterocycles. The van der Waals surface area contributed by atoms with Gasteiger partial charge in [-0.1, -0.05) is 23.2 Å². The summed E-state index contributed by atoms with van der Waals surface area (Å²) < 4.78 is 21.7. The van der Waals surface area contributed by atoms with Gasteiger partial charge in [0.25, 0.3) is 0 Å². The number of aromatic nitrogens is 5. The summed E-state index contributed by atoms with van der Waals surface area (Å²) in [5, 5.41) is 7.42. The van der Waals surface area contributed by atoms with Crippen LogP contribution in [0.25, 0.3) is 11.0 Å². The van der Waals surface area contributed by atoms with Crippen LogP contribution in [0.15, 0.2) is 42.9 Å². The normalized spacial score (nSPS) is 11.0. The topological polar surface area (TPSA) is 77.8 Å². The zero-order valence-electron chi connectivity index (χ0n) is 13.8. The fourth-order valence-electron chi connectivity index (χ4n) is 2.40. The van der Waals surface area contributed by atoms with Gasteiger partial charge < -0.3 is 10.1 Å². The van der Waals surface area contributed by atoms with Gasteiger partial charge >= 0.3 is 0 Å². The van der Waals surface area contributed by atoms with Crippen molar-refractivity contribution >= 4 is 45.7 Å². The molecule has 0 aliphatic rings. The Labute approximate surface area is 162 Å². The molecule has 0 bridgehead atoms. The number of hydrogen-bond acceptors (Lipinski definition) is 6. The van der Waals surface area contributed by atoms with Crippen LogP contribution in [0.1, 0.15) is 0 Å². The molecule has 0 fully saturated rings. The zero-order valence-corrected chi connectivity index (χ0v) is 15.3. The predicted octanol–water partition coefficient (Wildman–Crippen LogP) is 4.74. The highest BCUT2D eigenvalue weighted by Crippen LogP contribution is 2.34. The molecule has 0 spiro atoms. The van der Waals surface area contributed by atoms with Crippen molar-refractivity contribution in [2.24, 2.45) is 7.05 Å². The van der Waals surface area contributed by atoms with Crippen molar-refractivity contribution < 1.29 is 9.13 Å². The molecular formula is C17H11Cl2FN6O. The Morgan fingerprint density at radius 1 is 1.15 bits per heavy atom. The third-order valence-electron chi connectivity index (χ3n) is 3.63. The maximum Gasteiger partial charge on any atom is 0.238 e. The first-order valence-electron chi connectivity index (χ1n) is 7.70. The van der Waals surface area contributed by atoms with Crippen LogP contribution in [-0.4, -0.2) is 24.7 Å². The van der Waals surface area contributed by atoms with Crippen molar-refractivity contribution in [2.45, 2.75) is 0 Å². The molecule has 0 radical (unpaired) electrons. The fraction of sp³-hybridized carbons (Fsp3) is 0.0588. The van der Waals surface area contributed by atoms with Gasteiger partial charge in [0.05, 0.1) is 16.2 Å². The second kappa shape index (κ2) is 6.98. The van der Waals surface area contributed by atoms with E-state index in [-0.39, 0.29) is 21.6 Å². The number of ether oxygens (including phenoxy) is 1. The van der Waals surface area contributed by atoms with E-state index in [1.807, 2.05) is 0 Å². The SMILES string of the molecule is Cn1ccc(Oc2cc(F)c(Nc3ncnc4ccc(Cl)nc34)cc2Cl)n1. The molecule has 4 aromatic rings. The van der Waals surface area contributed by atoms with Gasteiger partial charge in [0, 0.05) is 25.4 Å². The standard InChI is InChI=1S/C17H11Cl2FN6O/c1-26-5-4-15(25-26)27-13-7-10(20)12(6-9(13)18)23-17-16-11(21-8-22-17)2-3-14(19)24-16/h2-8H,1H3,(H,21,22,23). The van der Waals surface area contributed by atoms with Crippen LogP contribution >= 0.6 is 23.2 Å². The minimum absolute atomic E-state index is 0.107. The Kier molecular flexibility index (Phi) is 4.51. The van der Waals surface area contributed by atoms with Crippen molar-refractivity contribution in [3.63, 3.8) is 0 Å². The molecule has 0 amide bonds. The van der Waals surface area contributed by atoms with E-state index in [9.17, 15) is 4.39 Å². The van der Waals surface area contributed by atoms with Gasteiger partial charge in [-0.3, -0.25) is 4.68 Å². The van der Waals surface area contributed by atoms with Gasteiger partial charge in [-0.15, -0.1) is 5.10 Å². The van der Waals surface area contributed by atoms with Gasteiger partial charge in [0.2, 0.25) is 5.88 Å². The molecule has 0 unspecified atom stereocenters. The maximum absolute atomic E-state index is 14.6. The first-order chi connectivity index (χ1) is 13.0. The lowest BCUT2D eigenvalue weighted by Crippen LogP contribution is -2.00. The van der Waals surface area contributed by atoms with Crippen molar-refractivity contribution in [3.05, 3.63) is 58.8 Å². The van der Waals surface area contributed by atoms with E-state index in [4.69, 9.17) is 27.9 Å². The van der Waals surface area contributed by atoms with Crippen LogP contribution in [0.2, 0.25) is 10.2 Å². The van der Waals surface area contributed by atoms with Crippen LogP contribution in [-0.2, 0) is 7.05 Å². The number of fused-ring (bicyclic) bond motifs is 1. The molecule has 0 atom stereocenters. The highest BCUT2D eigenvalue weighted by atomic mass is 35.5. The molecule has 0 aliphatic carbocycles. The van der Waals surface area contributed by atoms with Crippen LogP contribution < -0.4 is 10.1 Å². The minimum Gasteiger partial charge on any atom is -0.436 e. The number of halogens is 3. The molecule has 1 aromatic carbocycles. The van der Waals surface area contributed by atoms with Crippen LogP contribution in [0.4, 0.5) is 15.9 Å². The highest BCUT2D eigenvalue weighted by molar-refractivity contribution is 6.32. The van der Waals surface area contributed by atoms with Crippen LogP contribution in [0.3, 0.4) is 0 Å². The number of anilines is 2. The minimum atomic E-state index is -0.584. The molecule has 136 valence electrons. The number of aryl methyl sites for hydroxylation is 1. The van der Waals surface area contributed by atoms with E-state index in [1.54, 1.807) is 36.1 Å². The van der Waals surface area contributed by atoms with Crippen LogP contribution in [0, 0.1) is 5.82 Å². The van der Waals surface area contributed by atoms with E-state index in [0.29, 0.717) is 22.7 Å². The summed E-state index contributed by atoms with van der Waals surface area (Å²) in [5.74, 6) is 0.169. The Morgan fingerprint density at radius 2 is 2.00 bits per heavy atom. The Balaban J connectivity index is 1.67. The maximum atomic E-state index is 14.6. The number of hydrogen-bond donors (Lipinski definition) is 1. The monoisotopic (exact) mass is 404 g/mol. The van der Waals surface area contributed by atoms with E-state index < -0.39 is 5.82 Å². The largest absolute Gasteiger partial charge is 0.436 e. The first kappa shape index (κ1) is 17.4. The van der Waals surface area contributed by atoms with Gasteiger partial charge in [0.1, 0.15) is 22.8 Å². The Bertz CT molecular complexity index is 1150. The average molecular weight is 405 g/mol. The van der Waals surface area contributed by atoms with E-state index >= 15 is 0 Å². The number of pyridine rings is 1. The lowest BCUT2D eigenvalue weighted by Gasteiger charge is -2.11. The Hall–Kier alpha value is -2.97. The summed E-state index contributed by atoms with van der Waals surface area (Å²) in [4.78, 5) is 12.4. The van der Waals surface area contributed by atoms with Crippen molar-refractivity contribution in [3.8, 4) is 11.6 Å². The molecule has 7 nitrogen and oxygen atoms in total. The van der Waals surface area contributed by atoms with Crippen LogP contribution in [0.5, 0.6) is 11.6 Å². The van der Waals surface area contributed by atoms with E-state index in [1.165, 1.54) is 18.5 Å². The van der Waals surface area contributed by atoms with Gasteiger partial charge in [-0.05, 0) is 18.2 Å². The summed E-state index contributed by atoms with van der Waals surface area (Å²) in [7, 11) is 1.74. The smallest absolute Gasteiger partial charge is 0.238 e. The molecule has 27 heavy (non-hydrogen) atoms. The van der Waals surface area contributed by atoms with Gasteiger partial charge in [-0.25, -0.2) is 19.3 Å². The molecule has 4 rings (SSSR count). The summed E-state index contributed by atoms with van der Waals surface area (Å²) in [6.45, 7) is 0. The number of rotatable bonds is 4. The molecule has 1 N–H and O–H groups in total. The Morgan fingerprint density at radius 3 is 2.78 bits per heavy atom.